The molecule has 0 radical (unpaired) electrons. The third-order valence-electron chi connectivity index (χ3n) is 4.73. The van der Waals surface area contributed by atoms with E-state index in [4.69, 9.17) is 0 Å². The van der Waals surface area contributed by atoms with Gasteiger partial charge in [0.2, 0.25) is 11.8 Å². The number of aromatic nitrogens is 2. The van der Waals surface area contributed by atoms with Gasteiger partial charge >= 0.3 is 0 Å². The number of hydrogen-bond acceptors (Lipinski definition) is 4. The second-order valence-corrected chi connectivity index (χ2v) is 6.94. The number of hydrogen-bond donors (Lipinski definition) is 2. The van der Waals surface area contributed by atoms with Crippen molar-refractivity contribution < 1.29 is 9.59 Å². The van der Waals surface area contributed by atoms with Gasteiger partial charge in [0.05, 0.1) is 17.3 Å². The topological polar surface area (TPSA) is 104 Å². The summed E-state index contributed by atoms with van der Waals surface area (Å²) in [4.78, 5) is 50.7. The van der Waals surface area contributed by atoms with Crippen LogP contribution in [0.4, 0.5) is 5.69 Å². The Morgan fingerprint density at radius 3 is 2.28 bits per heavy atom. The van der Waals surface area contributed by atoms with Gasteiger partial charge in [-0.05, 0) is 37.1 Å². The average Bonchev–Trinajstić information content (AvgIpc) is 2.68. The number of anilines is 1. The number of fused-ring (bicyclic) bond motifs is 1. The van der Waals surface area contributed by atoms with Gasteiger partial charge in [-0.2, -0.15) is 0 Å². The Balaban J connectivity index is 1.72. The Labute approximate surface area is 166 Å². The standard InChI is InChI=1S/C21H22N4O4/c1-13-7-6-8-14(2)19(13)22-17(26)11-24(3)18(27)12-25-21(29)16-10-5-4-9-15(16)20(28)23-25/h4-10H,11-12H2,1-3H3,(H,22,26)(H,23,28). The van der Waals surface area contributed by atoms with Crippen LogP contribution in [-0.4, -0.2) is 40.1 Å². The molecule has 0 spiro atoms. The van der Waals surface area contributed by atoms with Crippen LogP contribution in [0, 0.1) is 13.8 Å². The van der Waals surface area contributed by atoms with Crippen LogP contribution in [0.25, 0.3) is 10.8 Å². The molecule has 8 heteroatoms. The van der Waals surface area contributed by atoms with Crippen LogP contribution in [0.5, 0.6) is 0 Å². The molecular formula is C21H22N4O4. The number of benzene rings is 2. The number of carbonyl (C=O) groups excluding carboxylic acids is 2. The molecule has 3 rings (SSSR count). The highest BCUT2D eigenvalue weighted by Gasteiger charge is 2.17. The molecule has 0 saturated carbocycles. The van der Waals surface area contributed by atoms with Gasteiger partial charge in [0, 0.05) is 12.7 Å². The predicted molar refractivity (Wildman–Crippen MR) is 111 cm³/mol. The van der Waals surface area contributed by atoms with Gasteiger partial charge in [0.15, 0.2) is 0 Å². The lowest BCUT2D eigenvalue weighted by Gasteiger charge is -2.18. The third kappa shape index (κ3) is 4.26. The van der Waals surface area contributed by atoms with Gasteiger partial charge in [-0.3, -0.25) is 24.3 Å². The normalized spacial score (nSPS) is 10.7. The Morgan fingerprint density at radius 1 is 1.00 bits per heavy atom. The molecule has 0 aliphatic heterocycles. The SMILES string of the molecule is Cc1cccc(C)c1NC(=O)CN(C)C(=O)Cn1[nH]c(=O)c2ccccc2c1=O. The fourth-order valence-corrected chi connectivity index (χ4v) is 3.11. The Hall–Kier alpha value is -3.68. The fourth-order valence-electron chi connectivity index (χ4n) is 3.11. The second-order valence-electron chi connectivity index (χ2n) is 6.94. The van der Waals surface area contributed by atoms with Crippen LogP contribution in [0.15, 0.2) is 52.1 Å². The number of rotatable bonds is 5. The molecule has 8 nitrogen and oxygen atoms in total. The molecule has 0 aliphatic rings. The maximum Gasteiger partial charge on any atom is 0.273 e. The molecule has 2 amide bonds. The highest BCUT2D eigenvalue weighted by atomic mass is 16.2. The van der Waals surface area contributed by atoms with Gasteiger partial charge in [0.25, 0.3) is 11.1 Å². The molecule has 1 heterocycles. The zero-order valence-electron chi connectivity index (χ0n) is 16.5. The summed E-state index contributed by atoms with van der Waals surface area (Å²) in [6, 6.07) is 12.1. The van der Waals surface area contributed by atoms with Gasteiger partial charge in [-0.25, -0.2) is 4.68 Å². The first-order valence-electron chi connectivity index (χ1n) is 9.10. The van der Waals surface area contributed by atoms with E-state index in [1.165, 1.54) is 18.0 Å². The number of nitrogens with one attached hydrogen (secondary N) is 2. The summed E-state index contributed by atoms with van der Waals surface area (Å²) in [5, 5.41) is 5.73. The van der Waals surface area contributed by atoms with Crippen molar-refractivity contribution in [3.63, 3.8) is 0 Å². The Kier molecular flexibility index (Phi) is 5.63. The minimum atomic E-state index is -0.477. The zero-order chi connectivity index (χ0) is 21.1. The van der Waals surface area contributed by atoms with E-state index in [2.05, 4.69) is 10.4 Å². The molecule has 2 aromatic carbocycles. The zero-order valence-corrected chi connectivity index (χ0v) is 16.5. The minimum Gasteiger partial charge on any atom is -0.335 e. The van der Waals surface area contributed by atoms with Gasteiger partial charge in [-0.1, -0.05) is 30.3 Å². The molecule has 150 valence electrons. The highest BCUT2D eigenvalue weighted by Crippen LogP contribution is 2.19. The monoisotopic (exact) mass is 394 g/mol. The number of nitrogens with zero attached hydrogens (tertiary/aromatic N) is 2. The summed E-state index contributed by atoms with van der Waals surface area (Å²) in [6.45, 7) is 3.23. The van der Waals surface area contributed by atoms with Crippen LogP contribution in [0.3, 0.4) is 0 Å². The van der Waals surface area contributed by atoms with Crippen molar-refractivity contribution in [1.82, 2.24) is 14.7 Å². The van der Waals surface area contributed by atoms with Crippen LogP contribution in [0.1, 0.15) is 11.1 Å². The van der Waals surface area contributed by atoms with Crippen LogP contribution in [-0.2, 0) is 16.1 Å². The molecule has 3 aromatic rings. The number of aryl methyl sites for hydroxylation is 2. The lowest BCUT2D eigenvalue weighted by molar-refractivity contribution is -0.134. The fraction of sp³-hybridized carbons (Fsp3) is 0.238. The number of para-hydroxylation sites is 1. The number of H-pyrrole nitrogens is 1. The lowest BCUT2D eigenvalue weighted by atomic mass is 10.1. The van der Waals surface area contributed by atoms with E-state index in [1.807, 2.05) is 32.0 Å². The number of likely N-dealkylation sites (N-methyl/N-ethyl adjacent to an activating group) is 1. The Bertz CT molecular complexity index is 1190. The maximum absolute atomic E-state index is 12.5. The average molecular weight is 394 g/mol. The summed E-state index contributed by atoms with van der Waals surface area (Å²) in [5.74, 6) is -0.827. The lowest BCUT2D eigenvalue weighted by Crippen LogP contribution is -2.40. The molecule has 0 atom stereocenters. The van der Waals surface area contributed by atoms with Crippen molar-refractivity contribution in [2.24, 2.45) is 0 Å². The van der Waals surface area contributed by atoms with E-state index in [0.717, 1.165) is 15.8 Å². The molecule has 0 bridgehead atoms. The quantitative estimate of drug-likeness (QED) is 0.683. The van der Waals surface area contributed by atoms with Crippen molar-refractivity contribution in [2.75, 3.05) is 18.9 Å². The van der Waals surface area contributed by atoms with E-state index < -0.39 is 17.0 Å². The van der Waals surface area contributed by atoms with Gasteiger partial charge in [-0.15, -0.1) is 0 Å². The molecule has 29 heavy (non-hydrogen) atoms. The summed E-state index contributed by atoms with van der Waals surface area (Å²) in [5.41, 5.74) is 1.64. The van der Waals surface area contributed by atoms with E-state index in [-0.39, 0.29) is 29.8 Å². The summed E-state index contributed by atoms with van der Waals surface area (Å²) >= 11 is 0. The largest absolute Gasteiger partial charge is 0.335 e. The smallest absolute Gasteiger partial charge is 0.273 e. The first-order chi connectivity index (χ1) is 13.8. The predicted octanol–water partition coefficient (Wildman–Crippen LogP) is 1.40. The molecule has 0 aliphatic carbocycles. The molecule has 0 unspecified atom stereocenters. The van der Waals surface area contributed by atoms with Crippen molar-refractivity contribution in [3.05, 3.63) is 74.3 Å². The van der Waals surface area contributed by atoms with E-state index in [1.54, 1.807) is 18.2 Å². The van der Waals surface area contributed by atoms with Gasteiger partial charge in [0.1, 0.15) is 6.54 Å². The van der Waals surface area contributed by atoms with Crippen molar-refractivity contribution in [3.8, 4) is 0 Å². The number of aromatic amines is 1. The second kappa shape index (κ2) is 8.14. The van der Waals surface area contributed by atoms with Crippen molar-refractivity contribution in [1.29, 1.82) is 0 Å². The van der Waals surface area contributed by atoms with Crippen molar-refractivity contribution in [2.45, 2.75) is 20.4 Å². The molecule has 1 aromatic heterocycles. The molecule has 0 fully saturated rings. The first kappa shape index (κ1) is 20.1. The summed E-state index contributed by atoms with van der Waals surface area (Å²) < 4.78 is 0.965. The van der Waals surface area contributed by atoms with Gasteiger partial charge < -0.3 is 10.2 Å². The van der Waals surface area contributed by atoms with Crippen LogP contribution >= 0.6 is 0 Å². The van der Waals surface area contributed by atoms with Crippen LogP contribution < -0.4 is 16.4 Å². The molecule has 0 saturated heterocycles. The molecule has 2 N–H and O–H groups in total. The van der Waals surface area contributed by atoms with E-state index in [9.17, 15) is 19.2 Å². The van der Waals surface area contributed by atoms with Crippen molar-refractivity contribution >= 4 is 28.3 Å². The number of carbonyl (C=O) groups is 2. The third-order valence-corrected chi connectivity index (χ3v) is 4.73. The van der Waals surface area contributed by atoms with E-state index >= 15 is 0 Å². The Morgan fingerprint density at radius 2 is 1.62 bits per heavy atom. The minimum absolute atomic E-state index is 0.181. The van der Waals surface area contributed by atoms with Crippen LogP contribution in [0.2, 0.25) is 0 Å². The summed E-state index contributed by atoms with van der Waals surface area (Å²) in [6.07, 6.45) is 0. The van der Waals surface area contributed by atoms with E-state index in [0.29, 0.717) is 5.69 Å². The first-order valence-corrected chi connectivity index (χ1v) is 9.10. The highest BCUT2D eigenvalue weighted by molar-refractivity contribution is 5.95. The molecular weight excluding hydrogens is 372 g/mol. The number of amides is 2. The summed E-state index contributed by atoms with van der Waals surface area (Å²) in [7, 11) is 1.47. The maximum atomic E-state index is 12.5.